The molecule has 0 atom stereocenters. The van der Waals surface area contributed by atoms with Gasteiger partial charge in [0.2, 0.25) is 0 Å². The summed E-state index contributed by atoms with van der Waals surface area (Å²) in [7, 11) is 0. The minimum atomic E-state index is -0.797. The van der Waals surface area contributed by atoms with Gasteiger partial charge < -0.3 is 11.1 Å². The number of halogens is 3. The molecular formula is C12H8BrF2N3O2. The van der Waals surface area contributed by atoms with E-state index in [0.29, 0.717) is 0 Å². The molecule has 0 aliphatic carbocycles. The van der Waals surface area contributed by atoms with Gasteiger partial charge in [-0.25, -0.2) is 8.78 Å². The fourth-order valence-electron chi connectivity index (χ4n) is 1.60. The van der Waals surface area contributed by atoms with Crippen molar-refractivity contribution in [2.24, 2.45) is 0 Å². The Bertz CT molecular complexity index is 671. The number of hydrogen-bond acceptors (Lipinski definition) is 4. The standard InChI is InChI=1S/C12H8BrF2N3O2/c13-6-3-8(14)12(9(15)4-6)17-7-1-2-11(18(19)20)10(16)5-7/h1-5,17H,16H2. The molecule has 0 unspecified atom stereocenters. The topological polar surface area (TPSA) is 81.2 Å². The second kappa shape index (κ2) is 5.41. The number of nitro benzene ring substituents is 1. The van der Waals surface area contributed by atoms with Crippen molar-refractivity contribution in [1.82, 2.24) is 0 Å². The first kappa shape index (κ1) is 14.2. The average molecular weight is 344 g/mol. The Balaban J connectivity index is 2.36. The molecule has 104 valence electrons. The third kappa shape index (κ3) is 2.85. The van der Waals surface area contributed by atoms with Crippen molar-refractivity contribution in [3.63, 3.8) is 0 Å². The summed E-state index contributed by atoms with van der Waals surface area (Å²) in [6.07, 6.45) is 0. The van der Waals surface area contributed by atoms with Gasteiger partial charge in [0.15, 0.2) is 11.6 Å². The average Bonchev–Trinajstić information content (AvgIpc) is 2.33. The first-order valence-corrected chi connectivity index (χ1v) is 6.13. The van der Waals surface area contributed by atoms with Gasteiger partial charge in [-0.15, -0.1) is 0 Å². The number of rotatable bonds is 3. The van der Waals surface area contributed by atoms with E-state index < -0.39 is 16.6 Å². The summed E-state index contributed by atoms with van der Waals surface area (Å²) in [5.41, 5.74) is 5.01. The Morgan fingerprint density at radius 1 is 1.20 bits per heavy atom. The summed E-state index contributed by atoms with van der Waals surface area (Å²) in [6, 6.07) is 5.90. The lowest BCUT2D eigenvalue weighted by molar-refractivity contribution is -0.383. The van der Waals surface area contributed by atoms with Crippen molar-refractivity contribution in [3.05, 3.63) is 56.6 Å². The van der Waals surface area contributed by atoms with Gasteiger partial charge in [0.25, 0.3) is 5.69 Å². The molecule has 0 radical (unpaired) electrons. The molecule has 0 bridgehead atoms. The van der Waals surface area contributed by atoms with Crippen molar-refractivity contribution in [2.45, 2.75) is 0 Å². The fourth-order valence-corrected chi connectivity index (χ4v) is 2.01. The van der Waals surface area contributed by atoms with Gasteiger partial charge in [-0.3, -0.25) is 10.1 Å². The Morgan fingerprint density at radius 3 is 2.30 bits per heavy atom. The molecule has 2 aromatic carbocycles. The third-order valence-electron chi connectivity index (χ3n) is 2.50. The number of nitrogens with zero attached hydrogens (tertiary/aromatic N) is 1. The predicted octanol–water partition coefficient (Wildman–Crippen LogP) is 3.96. The number of benzene rings is 2. The van der Waals surface area contributed by atoms with Gasteiger partial charge in [0, 0.05) is 16.2 Å². The Kier molecular flexibility index (Phi) is 3.84. The molecule has 0 heterocycles. The Labute approximate surface area is 120 Å². The van der Waals surface area contributed by atoms with E-state index in [4.69, 9.17) is 5.73 Å². The molecule has 2 rings (SSSR count). The first-order valence-electron chi connectivity index (χ1n) is 5.34. The van der Waals surface area contributed by atoms with Crippen LogP contribution in [0, 0.1) is 21.7 Å². The minimum Gasteiger partial charge on any atom is -0.393 e. The molecule has 0 saturated heterocycles. The lowest BCUT2D eigenvalue weighted by atomic mass is 10.2. The lowest BCUT2D eigenvalue weighted by Crippen LogP contribution is -2.00. The number of nitrogens with one attached hydrogen (secondary N) is 1. The monoisotopic (exact) mass is 343 g/mol. The van der Waals surface area contributed by atoms with E-state index in [-0.39, 0.29) is 27.2 Å². The number of hydrogen-bond donors (Lipinski definition) is 2. The van der Waals surface area contributed by atoms with Crippen molar-refractivity contribution >= 4 is 38.7 Å². The summed E-state index contributed by atoms with van der Waals surface area (Å²) in [6.45, 7) is 0. The van der Waals surface area contributed by atoms with Crippen LogP contribution in [0.5, 0.6) is 0 Å². The van der Waals surface area contributed by atoms with E-state index in [9.17, 15) is 18.9 Å². The quantitative estimate of drug-likeness (QED) is 0.502. The van der Waals surface area contributed by atoms with E-state index in [0.717, 1.165) is 18.2 Å². The van der Waals surface area contributed by atoms with Crippen LogP contribution in [0.15, 0.2) is 34.8 Å². The van der Waals surface area contributed by atoms with Gasteiger partial charge in [-0.1, -0.05) is 15.9 Å². The number of nitrogens with two attached hydrogens (primary N) is 1. The van der Waals surface area contributed by atoms with Gasteiger partial charge in [0.1, 0.15) is 11.4 Å². The molecule has 8 heteroatoms. The summed E-state index contributed by atoms with van der Waals surface area (Å²) < 4.78 is 27.5. The molecule has 0 aliphatic rings. The van der Waals surface area contributed by atoms with Gasteiger partial charge >= 0.3 is 0 Å². The summed E-state index contributed by atoms with van der Waals surface area (Å²) >= 11 is 2.97. The normalized spacial score (nSPS) is 10.3. The first-order chi connectivity index (χ1) is 9.38. The maximum Gasteiger partial charge on any atom is 0.292 e. The molecule has 0 amide bonds. The van der Waals surface area contributed by atoms with Crippen LogP contribution in [0.4, 0.5) is 31.5 Å². The van der Waals surface area contributed by atoms with Crippen LogP contribution in [-0.2, 0) is 0 Å². The molecule has 0 aromatic heterocycles. The van der Waals surface area contributed by atoms with Crippen LogP contribution in [0.1, 0.15) is 0 Å². The van der Waals surface area contributed by atoms with Crippen LogP contribution < -0.4 is 11.1 Å². The summed E-state index contributed by atoms with van der Waals surface area (Å²) in [4.78, 5) is 9.98. The van der Waals surface area contributed by atoms with Crippen LogP contribution >= 0.6 is 15.9 Å². The van der Waals surface area contributed by atoms with Crippen LogP contribution in [0.3, 0.4) is 0 Å². The zero-order chi connectivity index (χ0) is 14.9. The zero-order valence-electron chi connectivity index (χ0n) is 9.86. The lowest BCUT2D eigenvalue weighted by Gasteiger charge is -2.10. The second-order valence-corrected chi connectivity index (χ2v) is 4.82. The van der Waals surface area contributed by atoms with E-state index in [2.05, 4.69) is 21.2 Å². The number of nitrogen functional groups attached to an aromatic ring is 1. The molecule has 5 nitrogen and oxygen atoms in total. The molecule has 3 N–H and O–H groups in total. The van der Waals surface area contributed by atoms with Crippen molar-refractivity contribution in [2.75, 3.05) is 11.1 Å². The predicted molar refractivity (Wildman–Crippen MR) is 74.8 cm³/mol. The minimum absolute atomic E-state index is 0.0991. The van der Waals surface area contributed by atoms with E-state index in [1.807, 2.05) is 0 Å². The molecule has 0 spiro atoms. The third-order valence-corrected chi connectivity index (χ3v) is 2.96. The highest BCUT2D eigenvalue weighted by Gasteiger charge is 2.14. The Morgan fingerprint density at radius 2 is 1.80 bits per heavy atom. The second-order valence-electron chi connectivity index (χ2n) is 3.90. The highest BCUT2D eigenvalue weighted by Crippen LogP contribution is 2.30. The number of anilines is 3. The van der Waals surface area contributed by atoms with E-state index in [1.54, 1.807) is 0 Å². The molecule has 0 fully saturated rings. The van der Waals surface area contributed by atoms with Crippen LogP contribution in [-0.4, -0.2) is 4.92 Å². The largest absolute Gasteiger partial charge is 0.393 e. The van der Waals surface area contributed by atoms with Crippen LogP contribution in [0.25, 0.3) is 0 Å². The SMILES string of the molecule is Nc1cc(Nc2c(F)cc(Br)cc2F)ccc1[N+](=O)[O-]. The molecule has 0 aliphatic heterocycles. The van der Waals surface area contributed by atoms with Crippen molar-refractivity contribution in [1.29, 1.82) is 0 Å². The highest BCUT2D eigenvalue weighted by molar-refractivity contribution is 9.10. The fraction of sp³-hybridized carbons (Fsp3) is 0. The molecule has 0 saturated carbocycles. The van der Waals surface area contributed by atoms with Crippen LogP contribution in [0.2, 0.25) is 0 Å². The van der Waals surface area contributed by atoms with Crippen molar-refractivity contribution < 1.29 is 13.7 Å². The van der Waals surface area contributed by atoms with Gasteiger partial charge in [-0.05, 0) is 24.3 Å². The molecular weight excluding hydrogens is 336 g/mol. The van der Waals surface area contributed by atoms with Gasteiger partial charge in [0.05, 0.1) is 4.92 Å². The maximum absolute atomic E-state index is 13.6. The van der Waals surface area contributed by atoms with Gasteiger partial charge in [-0.2, -0.15) is 0 Å². The summed E-state index contributed by atoms with van der Waals surface area (Å²) in [5, 5.41) is 13.1. The zero-order valence-corrected chi connectivity index (χ0v) is 11.4. The van der Waals surface area contributed by atoms with Crippen molar-refractivity contribution in [3.8, 4) is 0 Å². The molecule has 2 aromatic rings. The summed E-state index contributed by atoms with van der Waals surface area (Å²) in [5.74, 6) is -1.59. The smallest absolute Gasteiger partial charge is 0.292 e. The Hall–Kier alpha value is -2.22. The highest BCUT2D eigenvalue weighted by atomic mass is 79.9. The maximum atomic E-state index is 13.6. The van der Waals surface area contributed by atoms with E-state index >= 15 is 0 Å². The number of nitro groups is 1. The molecule has 20 heavy (non-hydrogen) atoms. The van der Waals surface area contributed by atoms with E-state index in [1.165, 1.54) is 12.1 Å².